The largest absolute Gasteiger partial charge is 0.360 e. The molecule has 0 aliphatic carbocycles. The number of nitrogens with one attached hydrogen (secondary N) is 1. The third-order valence-electron chi connectivity index (χ3n) is 5.97. The fraction of sp³-hybridized carbons (Fsp3) is 0.375. The van der Waals surface area contributed by atoms with Gasteiger partial charge in [-0.15, -0.1) is 0 Å². The molecule has 7 heteroatoms. The molecule has 2 aliphatic rings. The van der Waals surface area contributed by atoms with E-state index in [9.17, 15) is 14.4 Å². The molecule has 0 aromatic heterocycles. The number of para-hydroxylation sites is 2. The van der Waals surface area contributed by atoms with Gasteiger partial charge >= 0.3 is 0 Å². The number of hydrogen-bond donors (Lipinski definition) is 1. The Labute approximate surface area is 182 Å². The van der Waals surface area contributed by atoms with Crippen LogP contribution in [0.4, 0.5) is 11.4 Å². The van der Waals surface area contributed by atoms with Crippen molar-refractivity contribution in [1.29, 1.82) is 0 Å². The zero-order valence-corrected chi connectivity index (χ0v) is 17.8. The van der Waals surface area contributed by atoms with Crippen LogP contribution in [0.5, 0.6) is 0 Å². The number of rotatable bonds is 5. The number of carbonyl (C=O) groups is 3. The van der Waals surface area contributed by atoms with Crippen molar-refractivity contribution in [1.82, 2.24) is 10.2 Å². The zero-order chi connectivity index (χ0) is 21.8. The van der Waals surface area contributed by atoms with E-state index in [1.807, 2.05) is 58.3 Å². The maximum Gasteiger partial charge on any atom is 0.253 e. The van der Waals surface area contributed by atoms with E-state index in [-0.39, 0.29) is 24.3 Å². The average Bonchev–Trinajstić information content (AvgIpc) is 3.31. The summed E-state index contributed by atoms with van der Waals surface area (Å²) in [7, 11) is 1.77. The van der Waals surface area contributed by atoms with Gasteiger partial charge in [0.2, 0.25) is 11.8 Å². The number of benzene rings is 2. The summed E-state index contributed by atoms with van der Waals surface area (Å²) in [6, 6.07) is 15.1. The van der Waals surface area contributed by atoms with Crippen LogP contribution in [0.15, 0.2) is 48.5 Å². The molecule has 1 saturated heterocycles. The van der Waals surface area contributed by atoms with Crippen LogP contribution >= 0.6 is 0 Å². The van der Waals surface area contributed by atoms with Crippen LogP contribution in [0.2, 0.25) is 0 Å². The summed E-state index contributed by atoms with van der Waals surface area (Å²) in [6.07, 6.45) is 2.51. The maximum atomic E-state index is 12.6. The highest BCUT2D eigenvalue weighted by Gasteiger charge is 2.24. The third-order valence-corrected chi connectivity index (χ3v) is 5.97. The predicted molar refractivity (Wildman–Crippen MR) is 120 cm³/mol. The highest BCUT2D eigenvalue weighted by Crippen LogP contribution is 2.31. The van der Waals surface area contributed by atoms with Crippen LogP contribution in [0.3, 0.4) is 0 Å². The van der Waals surface area contributed by atoms with E-state index in [1.54, 1.807) is 11.9 Å². The fourth-order valence-corrected chi connectivity index (χ4v) is 4.13. The van der Waals surface area contributed by atoms with E-state index in [2.05, 4.69) is 5.32 Å². The molecule has 0 atom stereocenters. The van der Waals surface area contributed by atoms with E-state index in [0.717, 1.165) is 42.9 Å². The Bertz CT molecular complexity index is 967. The number of anilines is 2. The number of nitrogens with zero attached hydrogens (tertiary/aromatic N) is 3. The van der Waals surface area contributed by atoms with E-state index in [4.69, 9.17) is 0 Å². The molecule has 31 heavy (non-hydrogen) atoms. The number of likely N-dealkylation sites (tertiary alicyclic amines) is 1. The number of fused-ring (bicyclic) bond motifs is 1. The first-order chi connectivity index (χ1) is 15.0. The molecular weight excluding hydrogens is 392 g/mol. The molecule has 0 saturated carbocycles. The van der Waals surface area contributed by atoms with Gasteiger partial charge in [0.1, 0.15) is 0 Å². The predicted octanol–water partition coefficient (Wildman–Crippen LogP) is 2.41. The smallest absolute Gasteiger partial charge is 0.253 e. The molecule has 1 fully saturated rings. The minimum absolute atomic E-state index is 0.0407. The third kappa shape index (κ3) is 4.71. The number of hydrogen-bond acceptors (Lipinski definition) is 4. The first-order valence-corrected chi connectivity index (χ1v) is 10.8. The highest BCUT2D eigenvalue weighted by atomic mass is 16.2. The van der Waals surface area contributed by atoms with E-state index >= 15 is 0 Å². The van der Waals surface area contributed by atoms with Crippen molar-refractivity contribution in [2.45, 2.75) is 25.8 Å². The van der Waals surface area contributed by atoms with Gasteiger partial charge in [0, 0.05) is 45.2 Å². The van der Waals surface area contributed by atoms with Crippen LogP contribution in [0.25, 0.3) is 0 Å². The molecular formula is C24H28N4O3. The Balaban J connectivity index is 1.34. The number of carbonyl (C=O) groups excluding carboxylic acids is 3. The lowest BCUT2D eigenvalue weighted by Gasteiger charge is -2.24. The molecule has 1 N–H and O–H groups in total. The second-order valence-electron chi connectivity index (χ2n) is 8.09. The average molecular weight is 421 g/mol. The molecule has 3 amide bonds. The summed E-state index contributed by atoms with van der Waals surface area (Å²) in [5.41, 5.74) is 3.33. The Morgan fingerprint density at radius 1 is 0.935 bits per heavy atom. The van der Waals surface area contributed by atoms with Gasteiger partial charge in [0.05, 0.1) is 17.9 Å². The van der Waals surface area contributed by atoms with Crippen LogP contribution < -0.4 is 15.1 Å². The van der Waals surface area contributed by atoms with E-state index in [1.165, 1.54) is 0 Å². The SMILES string of the molecule is CN1C(=O)CCN(CC(=O)NCc2ccc(C(=O)N3CCCC3)cc2)c2ccccc21. The summed E-state index contributed by atoms with van der Waals surface area (Å²) < 4.78 is 0. The monoisotopic (exact) mass is 420 g/mol. The minimum Gasteiger partial charge on any atom is -0.360 e. The Kier molecular flexibility index (Phi) is 6.21. The van der Waals surface area contributed by atoms with Gasteiger partial charge in [0.15, 0.2) is 0 Å². The van der Waals surface area contributed by atoms with Gasteiger partial charge in [-0.05, 0) is 42.7 Å². The maximum absolute atomic E-state index is 12.6. The van der Waals surface area contributed by atoms with E-state index < -0.39 is 0 Å². The molecule has 0 bridgehead atoms. The molecule has 2 aliphatic heterocycles. The first-order valence-electron chi connectivity index (χ1n) is 10.8. The van der Waals surface area contributed by atoms with Crippen molar-refractivity contribution in [2.24, 2.45) is 0 Å². The molecule has 2 aromatic carbocycles. The van der Waals surface area contributed by atoms with Crippen molar-refractivity contribution < 1.29 is 14.4 Å². The normalized spacial score (nSPS) is 16.2. The van der Waals surface area contributed by atoms with Gasteiger partial charge < -0.3 is 20.0 Å². The molecule has 2 aromatic rings. The lowest BCUT2D eigenvalue weighted by Crippen LogP contribution is -2.37. The topological polar surface area (TPSA) is 73.0 Å². The highest BCUT2D eigenvalue weighted by molar-refractivity contribution is 5.99. The van der Waals surface area contributed by atoms with Gasteiger partial charge in [-0.2, -0.15) is 0 Å². The quantitative estimate of drug-likeness (QED) is 0.806. The summed E-state index contributed by atoms with van der Waals surface area (Å²) in [5.74, 6) is 0.00961. The van der Waals surface area contributed by atoms with Gasteiger partial charge in [-0.25, -0.2) is 0 Å². The summed E-state index contributed by atoms with van der Waals surface area (Å²) in [6.45, 7) is 2.74. The standard InChI is InChI=1S/C24H28N4O3/c1-26-20-6-2-3-7-21(20)28(15-12-23(26)30)17-22(29)25-16-18-8-10-19(11-9-18)24(31)27-13-4-5-14-27/h2-3,6-11H,4-5,12-17H2,1H3,(H,25,29). The molecule has 0 radical (unpaired) electrons. The van der Waals surface area contributed by atoms with Gasteiger partial charge in [-0.1, -0.05) is 24.3 Å². The molecule has 7 nitrogen and oxygen atoms in total. The summed E-state index contributed by atoms with van der Waals surface area (Å²) >= 11 is 0. The second-order valence-corrected chi connectivity index (χ2v) is 8.09. The fourth-order valence-electron chi connectivity index (χ4n) is 4.13. The number of amides is 3. The Morgan fingerprint density at radius 2 is 1.61 bits per heavy atom. The molecule has 162 valence electrons. The van der Waals surface area contributed by atoms with Crippen molar-refractivity contribution in [3.8, 4) is 0 Å². The molecule has 2 heterocycles. The molecule has 0 spiro atoms. The summed E-state index contributed by atoms with van der Waals surface area (Å²) in [4.78, 5) is 42.8. The first kappa shape index (κ1) is 20.9. The molecule has 4 rings (SSSR count). The van der Waals surface area contributed by atoms with Gasteiger partial charge in [-0.3, -0.25) is 14.4 Å². The Morgan fingerprint density at radius 3 is 2.32 bits per heavy atom. The van der Waals surface area contributed by atoms with Crippen molar-refractivity contribution in [3.63, 3.8) is 0 Å². The minimum atomic E-state index is -0.107. The summed E-state index contributed by atoms with van der Waals surface area (Å²) in [5, 5.41) is 2.95. The Hall–Kier alpha value is -3.35. The lowest BCUT2D eigenvalue weighted by atomic mass is 10.1. The van der Waals surface area contributed by atoms with Crippen molar-refractivity contribution >= 4 is 29.1 Å². The molecule has 0 unspecified atom stereocenters. The zero-order valence-electron chi connectivity index (χ0n) is 17.8. The van der Waals surface area contributed by atoms with Gasteiger partial charge in [0.25, 0.3) is 5.91 Å². The van der Waals surface area contributed by atoms with Crippen LogP contribution in [0, 0.1) is 0 Å². The van der Waals surface area contributed by atoms with Crippen LogP contribution in [-0.4, -0.2) is 55.8 Å². The second kappa shape index (κ2) is 9.20. The van der Waals surface area contributed by atoms with Crippen molar-refractivity contribution in [2.75, 3.05) is 43.0 Å². The lowest BCUT2D eigenvalue weighted by molar-refractivity contribution is -0.120. The van der Waals surface area contributed by atoms with Crippen molar-refractivity contribution in [3.05, 3.63) is 59.7 Å². The van der Waals surface area contributed by atoms with Crippen LogP contribution in [-0.2, 0) is 16.1 Å². The van der Waals surface area contributed by atoms with Crippen LogP contribution in [0.1, 0.15) is 35.2 Å². The van der Waals surface area contributed by atoms with E-state index in [0.29, 0.717) is 25.1 Å².